The lowest BCUT2D eigenvalue weighted by atomic mass is 9.78. The maximum atomic E-state index is 2.36. The summed E-state index contributed by atoms with van der Waals surface area (Å²) in [5, 5.41) is 5.13. The van der Waals surface area contributed by atoms with Gasteiger partial charge in [-0.05, 0) is 107 Å². The quantitative estimate of drug-likeness (QED) is 0.169. The van der Waals surface area contributed by atoms with Crippen molar-refractivity contribution >= 4 is 27.2 Å². The Labute approximate surface area is 295 Å². The van der Waals surface area contributed by atoms with Gasteiger partial charge in [0.25, 0.3) is 0 Å². The molecule has 0 unspecified atom stereocenters. The van der Waals surface area contributed by atoms with Crippen molar-refractivity contribution in [3.05, 3.63) is 175 Å². The third kappa shape index (κ3) is 4.84. The molecule has 0 amide bonds. The molecule has 0 aromatic heterocycles. The van der Waals surface area contributed by atoms with Crippen LogP contribution in [0.15, 0.2) is 164 Å². The number of hydrogen-bond acceptors (Lipinski definition) is 1. The lowest BCUT2D eigenvalue weighted by Crippen LogP contribution is -2.16. The summed E-state index contributed by atoms with van der Waals surface area (Å²) in [4.78, 5) is 2.21. The predicted molar refractivity (Wildman–Crippen MR) is 215 cm³/mol. The lowest BCUT2D eigenvalue weighted by Gasteiger charge is -2.24. The highest BCUT2D eigenvalue weighted by Crippen LogP contribution is 2.52. The summed E-state index contributed by atoms with van der Waals surface area (Å²) < 4.78 is 0. The van der Waals surface area contributed by atoms with Crippen LogP contribution in [0.25, 0.3) is 77.2 Å². The Kier molecular flexibility index (Phi) is 7.00. The zero-order valence-electron chi connectivity index (χ0n) is 29.0. The molecule has 0 spiro atoms. The van der Waals surface area contributed by atoms with E-state index < -0.39 is 0 Å². The fraction of sp³-hybridized carbons (Fsp3) is 0.102. The minimum absolute atomic E-state index is 0.0546. The third-order valence-corrected chi connectivity index (χ3v) is 10.8. The average Bonchev–Trinajstić information content (AvgIpc) is 3.40. The first-order chi connectivity index (χ1) is 24.4. The first kappa shape index (κ1) is 30.2. The van der Waals surface area contributed by atoms with E-state index in [0.29, 0.717) is 0 Å². The van der Waals surface area contributed by atoms with Crippen LogP contribution >= 0.6 is 0 Å². The molecule has 0 saturated carbocycles. The van der Waals surface area contributed by atoms with Crippen molar-refractivity contribution in [3.63, 3.8) is 0 Å². The molecule has 0 N–H and O–H groups in total. The van der Waals surface area contributed by atoms with Gasteiger partial charge in [0.05, 0.1) is 0 Å². The molecule has 0 aliphatic heterocycles. The molecule has 240 valence electrons. The molecule has 0 fully saturated rings. The zero-order chi connectivity index (χ0) is 34.0. The lowest BCUT2D eigenvalue weighted by molar-refractivity contribution is 0.662. The zero-order valence-corrected chi connectivity index (χ0v) is 29.0. The SMILES string of the molecule is CN(C)c1cc2cc(-c3ccc(-c4cccc(-c5cccc(-c6cccc7c6C(C)(C)c6ccccc6-7)c5)c4)cc3)ccc2c2ccccc12. The van der Waals surface area contributed by atoms with Gasteiger partial charge in [0, 0.05) is 30.6 Å². The van der Waals surface area contributed by atoms with Gasteiger partial charge >= 0.3 is 0 Å². The second kappa shape index (κ2) is 11.6. The van der Waals surface area contributed by atoms with Gasteiger partial charge in [0.2, 0.25) is 0 Å². The van der Waals surface area contributed by atoms with Gasteiger partial charge in [-0.1, -0.05) is 153 Å². The maximum absolute atomic E-state index is 2.36. The molecule has 1 nitrogen and oxygen atoms in total. The highest BCUT2D eigenvalue weighted by molar-refractivity contribution is 6.13. The largest absolute Gasteiger partial charge is 0.377 e. The molecule has 0 bridgehead atoms. The fourth-order valence-corrected chi connectivity index (χ4v) is 8.33. The number of benzene rings is 8. The van der Waals surface area contributed by atoms with Crippen LogP contribution < -0.4 is 4.90 Å². The summed E-state index contributed by atoms with van der Waals surface area (Å²) in [5.41, 5.74) is 16.7. The second-order valence-corrected chi connectivity index (χ2v) is 14.4. The molecule has 8 aromatic rings. The summed E-state index contributed by atoms with van der Waals surface area (Å²) in [6.45, 7) is 4.73. The van der Waals surface area contributed by atoms with Crippen molar-refractivity contribution in [2.24, 2.45) is 0 Å². The van der Waals surface area contributed by atoms with E-state index in [1.54, 1.807) is 0 Å². The van der Waals surface area contributed by atoms with E-state index in [2.05, 4.69) is 197 Å². The molecule has 1 heteroatoms. The van der Waals surface area contributed by atoms with Crippen molar-refractivity contribution in [2.75, 3.05) is 19.0 Å². The fourth-order valence-electron chi connectivity index (χ4n) is 8.33. The number of rotatable bonds is 5. The Hall–Kier alpha value is -5.92. The molecule has 9 rings (SSSR count). The molecule has 50 heavy (non-hydrogen) atoms. The van der Waals surface area contributed by atoms with Crippen LogP contribution in [0.5, 0.6) is 0 Å². The molecule has 1 aliphatic carbocycles. The second-order valence-electron chi connectivity index (χ2n) is 14.4. The van der Waals surface area contributed by atoms with Gasteiger partial charge in [-0.15, -0.1) is 0 Å². The van der Waals surface area contributed by atoms with Crippen LogP contribution in [0.4, 0.5) is 5.69 Å². The van der Waals surface area contributed by atoms with Gasteiger partial charge < -0.3 is 4.90 Å². The molecule has 8 aromatic carbocycles. The number of hydrogen-bond donors (Lipinski definition) is 0. The molecular formula is C49H39N. The molecular weight excluding hydrogens is 603 g/mol. The first-order valence-electron chi connectivity index (χ1n) is 17.5. The number of nitrogens with zero attached hydrogens (tertiary/aromatic N) is 1. The van der Waals surface area contributed by atoms with Gasteiger partial charge in [0.15, 0.2) is 0 Å². The number of anilines is 1. The molecule has 1 aliphatic rings. The van der Waals surface area contributed by atoms with Crippen molar-refractivity contribution in [1.29, 1.82) is 0 Å². The third-order valence-electron chi connectivity index (χ3n) is 10.8. The standard InChI is InChI=1S/C49H39N/c1-49(2)46-21-8-7-17-43(46)45-20-11-19-41(48(45)49)38-15-10-14-36(29-38)35-13-9-12-34(28-35)32-22-24-33(25-23-32)37-26-27-40-39(30-37)31-47(50(3)4)44-18-6-5-16-42(40)44/h5-31H,1-4H3. The minimum atomic E-state index is -0.0546. The van der Waals surface area contributed by atoms with Crippen LogP contribution in [0, 0.1) is 0 Å². The van der Waals surface area contributed by atoms with E-state index >= 15 is 0 Å². The normalized spacial score (nSPS) is 13.0. The highest BCUT2D eigenvalue weighted by Gasteiger charge is 2.37. The van der Waals surface area contributed by atoms with Crippen LogP contribution in [0.2, 0.25) is 0 Å². The summed E-state index contributed by atoms with van der Waals surface area (Å²) in [6.07, 6.45) is 0. The van der Waals surface area contributed by atoms with Crippen LogP contribution in [0.3, 0.4) is 0 Å². The van der Waals surface area contributed by atoms with E-state index in [-0.39, 0.29) is 5.41 Å². The van der Waals surface area contributed by atoms with E-state index in [1.807, 2.05) is 0 Å². The Morgan fingerprint density at radius 2 is 0.900 bits per heavy atom. The van der Waals surface area contributed by atoms with Gasteiger partial charge in [-0.25, -0.2) is 0 Å². The summed E-state index contributed by atoms with van der Waals surface area (Å²) in [6, 6.07) is 60.6. The number of fused-ring (bicyclic) bond motifs is 6. The summed E-state index contributed by atoms with van der Waals surface area (Å²) in [5.74, 6) is 0. The minimum Gasteiger partial charge on any atom is -0.377 e. The Morgan fingerprint density at radius 1 is 0.380 bits per heavy atom. The van der Waals surface area contributed by atoms with Gasteiger partial charge in [-0.2, -0.15) is 0 Å². The van der Waals surface area contributed by atoms with Crippen molar-refractivity contribution in [3.8, 4) is 55.6 Å². The van der Waals surface area contributed by atoms with Crippen molar-refractivity contribution in [1.82, 2.24) is 0 Å². The maximum Gasteiger partial charge on any atom is 0.0447 e. The Morgan fingerprint density at radius 3 is 1.62 bits per heavy atom. The van der Waals surface area contributed by atoms with Crippen LogP contribution in [-0.2, 0) is 5.41 Å². The Balaban J connectivity index is 1.04. The van der Waals surface area contributed by atoms with Crippen LogP contribution in [-0.4, -0.2) is 14.1 Å². The molecule has 0 saturated heterocycles. The predicted octanol–water partition coefficient (Wildman–Crippen LogP) is 13.0. The van der Waals surface area contributed by atoms with Crippen molar-refractivity contribution < 1.29 is 0 Å². The summed E-state index contributed by atoms with van der Waals surface area (Å²) >= 11 is 0. The summed E-state index contributed by atoms with van der Waals surface area (Å²) in [7, 11) is 4.24. The molecule has 0 heterocycles. The van der Waals surface area contributed by atoms with E-state index in [0.717, 1.165) is 0 Å². The molecule has 0 radical (unpaired) electrons. The van der Waals surface area contributed by atoms with Gasteiger partial charge in [0.1, 0.15) is 0 Å². The smallest absolute Gasteiger partial charge is 0.0447 e. The van der Waals surface area contributed by atoms with Crippen LogP contribution in [0.1, 0.15) is 25.0 Å². The van der Waals surface area contributed by atoms with Gasteiger partial charge in [-0.3, -0.25) is 0 Å². The average molecular weight is 642 g/mol. The van der Waals surface area contributed by atoms with E-state index in [4.69, 9.17) is 0 Å². The first-order valence-corrected chi connectivity index (χ1v) is 17.5. The molecule has 0 atom stereocenters. The topological polar surface area (TPSA) is 3.24 Å². The highest BCUT2D eigenvalue weighted by atomic mass is 15.1. The Bertz CT molecular complexity index is 2590. The van der Waals surface area contributed by atoms with Crippen molar-refractivity contribution in [2.45, 2.75) is 19.3 Å². The monoisotopic (exact) mass is 641 g/mol. The van der Waals surface area contributed by atoms with E-state index in [9.17, 15) is 0 Å². The van der Waals surface area contributed by atoms with E-state index in [1.165, 1.54) is 94.0 Å².